The maximum atomic E-state index is 14.2. The standard InChI is InChI=1S/C34H42N6O7/c35-21-36-31(43)34-17-24(34)12-4-2-1-3-5-15-27(37-32(44)46-25-13-8-9-14-25)30(42)40-20-26(16-28(40)29(41)38-34)47-33(45)39-18-22-10-6-7-11-23(22)19-39/h4,6-7,10-12,24-28H,1-3,5,8-9,13-20H2,(H,36,43)(H,37,44)(H,38,41)/b12-4+/t24?,26-,27-,28+,34-/m1/s1. The van der Waals surface area contributed by atoms with Crippen molar-refractivity contribution in [1.29, 1.82) is 5.26 Å². The summed E-state index contributed by atoms with van der Waals surface area (Å²) in [6.07, 6.45) is 10.6. The first-order valence-corrected chi connectivity index (χ1v) is 16.8. The molecule has 47 heavy (non-hydrogen) atoms. The third-order valence-electron chi connectivity index (χ3n) is 10.0. The van der Waals surface area contributed by atoms with Crippen LogP contribution in [-0.2, 0) is 36.9 Å². The van der Waals surface area contributed by atoms with Gasteiger partial charge in [-0.1, -0.05) is 49.3 Å². The lowest BCUT2D eigenvalue weighted by Gasteiger charge is -2.29. The summed E-state index contributed by atoms with van der Waals surface area (Å²) < 4.78 is 11.5. The molecule has 0 aromatic heterocycles. The number of nitriles is 1. The second-order valence-corrected chi connectivity index (χ2v) is 13.3. The van der Waals surface area contributed by atoms with Gasteiger partial charge in [-0.05, 0) is 62.5 Å². The molecule has 6 rings (SSSR count). The van der Waals surface area contributed by atoms with Crippen LogP contribution >= 0.6 is 0 Å². The fraction of sp³-hybridized carbons (Fsp3) is 0.588. The van der Waals surface area contributed by atoms with Crippen LogP contribution in [0.15, 0.2) is 36.4 Å². The van der Waals surface area contributed by atoms with Gasteiger partial charge < -0.3 is 25.0 Å². The molecule has 3 heterocycles. The quantitative estimate of drug-likeness (QED) is 0.255. The van der Waals surface area contributed by atoms with Gasteiger partial charge >= 0.3 is 12.2 Å². The predicted octanol–water partition coefficient (Wildman–Crippen LogP) is 3.14. The van der Waals surface area contributed by atoms with Gasteiger partial charge in [-0.25, -0.2) is 9.59 Å². The summed E-state index contributed by atoms with van der Waals surface area (Å²) in [5, 5.41) is 16.9. The number of ether oxygens (including phenoxy) is 2. The van der Waals surface area contributed by atoms with Gasteiger partial charge in [0.05, 0.1) is 6.54 Å². The lowest BCUT2D eigenvalue weighted by Crippen LogP contribution is -2.57. The van der Waals surface area contributed by atoms with Crippen LogP contribution in [0.5, 0.6) is 0 Å². The van der Waals surface area contributed by atoms with Crippen molar-refractivity contribution in [2.24, 2.45) is 5.92 Å². The van der Waals surface area contributed by atoms with Gasteiger partial charge in [0, 0.05) is 25.4 Å². The maximum absolute atomic E-state index is 14.2. The first-order chi connectivity index (χ1) is 22.8. The molecule has 3 N–H and O–H groups in total. The number of nitrogens with zero attached hydrogens (tertiary/aromatic N) is 3. The monoisotopic (exact) mass is 646 g/mol. The number of rotatable bonds is 4. The molecule has 3 aliphatic heterocycles. The molecule has 5 aliphatic rings. The Morgan fingerprint density at radius 3 is 2.40 bits per heavy atom. The van der Waals surface area contributed by atoms with E-state index >= 15 is 0 Å². The Bertz CT molecular complexity index is 1440. The summed E-state index contributed by atoms with van der Waals surface area (Å²) >= 11 is 0. The lowest BCUT2D eigenvalue weighted by molar-refractivity contribution is -0.141. The molecule has 3 fully saturated rings. The topological polar surface area (TPSA) is 170 Å². The number of allylic oxidation sites excluding steroid dienone is 1. The molecule has 2 saturated carbocycles. The van der Waals surface area contributed by atoms with Crippen molar-refractivity contribution >= 4 is 29.9 Å². The van der Waals surface area contributed by atoms with Crippen molar-refractivity contribution in [3.63, 3.8) is 0 Å². The van der Waals surface area contributed by atoms with Gasteiger partial charge in [0.15, 0.2) is 6.19 Å². The highest BCUT2D eigenvalue weighted by atomic mass is 16.6. The molecule has 0 bridgehead atoms. The van der Waals surface area contributed by atoms with Crippen LogP contribution in [-0.4, -0.2) is 76.1 Å². The largest absolute Gasteiger partial charge is 0.446 e. The Kier molecular flexibility index (Phi) is 9.66. The molecule has 5 amide bonds. The van der Waals surface area contributed by atoms with Crippen LogP contribution < -0.4 is 16.0 Å². The number of nitrogens with one attached hydrogen (secondary N) is 3. The number of hydrogen-bond acceptors (Lipinski definition) is 8. The number of carbonyl (C=O) groups excluding carboxylic acids is 5. The second kappa shape index (κ2) is 14.0. The second-order valence-electron chi connectivity index (χ2n) is 13.3. The molecule has 0 spiro atoms. The van der Waals surface area contributed by atoms with E-state index in [1.54, 1.807) is 11.1 Å². The fourth-order valence-corrected chi connectivity index (χ4v) is 7.34. The third-order valence-corrected chi connectivity index (χ3v) is 10.0. The van der Waals surface area contributed by atoms with Gasteiger partial charge in [0.2, 0.25) is 11.8 Å². The maximum Gasteiger partial charge on any atom is 0.410 e. The van der Waals surface area contributed by atoms with Crippen molar-refractivity contribution in [1.82, 2.24) is 25.8 Å². The number of carbonyl (C=O) groups is 5. The van der Waals surface area contributed by atoms with E-state index in [4.69, 9.17) is 14.7 Å². The zero-order valence-corrected chi connectivity index (χ0v) is 26.4. The SMILES string of the molecule is N#CNC(=O)[C@@]12CC1/C=C/CCCCC[C@@H](NC(=O)OC1CCCC1)C(=O)N1C[C@H](OC(=O)N3Cc4ccccc4C3)C[C@H]1C(=O)N2. The van der Waals surface area contributed by atoms with Crippen LogP contribution in [0, 0.1) is 17.4 Å². The minimum Gasteiger partial charge on any atom is -0.446 e. The van der Waals surface area contributed by atoms with E-state index in [2.05, 4.69) is 16.0 Å². The van der Waals surface area contributed by atoms with Crippen LogP contribution in [0.4, 0.5) is 9.59 Å². The average Bonchev–Trinajstić information content (AvgIpc) is 3.48. The first-order valence-electron chi connectivity index (χ1n) is 16.8. The van der Waals surface area contributed by atoms with Gasteiger partial charge in [-0.2, -0.15) is 5.26 Å². The number of alkyl carbamates (subject to hydrolysis) is 1. The van der Waals surface area contributed by atoms with E-state index in [9.17, 15) is 24.0 Å². The Labute approximate surface area is 274 Å². The van der Waals surface area contributed by atoms with Crippen molar-refractivity contribution in [3.8, 4) is 6.19 Å². The molecule has 5 atom stereocenters. The summed E-state index contributed by atoms with van der Waals surface area (Å²) in [6, 6.07) is 5.72. The van der Waals surface area contributed by atoms with E-state index in [-0.39, 0.29) is 25.0 Å². The van der Waals surface area contributed by atoms with Gasteiger partial charge in [0.1, 0.15) is 29.8 Å². The van der Waals surface area contributed by atoms with Crippen molar-refractivity contribution < 1.29 is 33.4 Å². The number of amides is 5. The Hall–Kier alpha value is -4.60. The summed E-state index contributed by atoms with van der Waals surface area (Å²) in [6.45, 7) is 0.740. The Balaban J connectivity index is 1.22. The molecule has 13 nitrogen and oxygen atoms in total. The summed E-state index contributed by atoms with van der Waals surface area (Å²) in [7, 11) is 0. The highest BCUT2D eigenvalue weighted by molar-refractivity contribution is 5.99. The van der Waals surface area contributed by atoms with E-state index in [0.717, 1.165) is 56.1 Å². The van der Waals surface area contributed by atoms with Crippen LogP contribution in [0.1, 0.15) is 81.8 Å². The Morgan fingerprint density at radius 2 is 1.68 bits per heavy atom. The Morgan fingerprint density at radius 1 is 0.957 bits per heavy atom. The molecule has 250 valence electrons. The molecule has 1 aromatic carbocycles. The van der Waals surface area contributed by atoms with Gasteiger partial charge in [-0.15, -0.1) is 0 Å². The van der Waals surface area contributed by atoms with E-state index in [1.165, 1.54) is 4.90 Å². The fourth-order valence-electron chi connectivity index (χ4n) is 7.34. The summed E-state index contributed by atoms with van der Waals surface area (Å²) in [5.74, 6) is -1.98. The predicted molar refractivity (Wildman–Crippen MR) is 167 cm³/mol. The van der Waals surface area contributed by atoms with Crippen molar-refractivity contribution in [2.45, 2.75) is 114 Å². The third kappa shape index (κ3) is 7.21. The molecular weight excluding hydrogens is 604 g/mol. The first kappa shape index (κ1) is 32.3. The van der Waals surface area contributed by atoms with Crippen LogP contribution in [0.25, 0.3) is 0 Å². The average molecular weight is 647 g/mol. The molecule has 1 unspecified atom stereocenters. The molecule has 0 radical (unpaired) electrons. The molecule has 13 heteroatoms. The lowest BCUT2D eigenvalue weighted by atomic mass is 10.0. The normalized spacial score (nSPS) is 29.9. The number of hydrogen-bond donors (Lipinski definition) is 3. The minimum absolute atomic E-state index is 0.0137. The van der Waals surface area contributed by atoms with Crippen molar-refractivity contribution in [2.75, 3.05) is 6.54 Å². The highest BCUT2D eigenvalue weighted by Crippen LogP contribution is 2.45. The van der Waals surface area contributed by atoms with E-state index in [1.807, 2.05) is 36.4 Å². The minimum atomic E-state index is -1.32. The van der Waals surface area contributed by atoms with Crippen molar-refractivity contribution in [3.05, 3.63) is 47.5 Å². The summed E-state index contributed by atoms with van der Waals surface area (Å²) in [4.78, 5) is 70.3. The zero-order valence-electron chi connectivity index (χ0n) is 26.4. The zero-order chi connectivity index (χ0) is 33.0. The van der Waals surface area contributed by atoms with Gasteiger partial charge in [-0.3, -0.25) is 24.6 Å². The molecule has 1 aromatic rings. The number of fused-ring (bicyclic) bond motifs is 3. The van der Waals surface area contributed by atoms with E-state index < -0.39 is 53.6 Å². The van der Waals surface area contributed by atoms with Crippen LogP contribution in [0.3, 0.4) is 0 Å². The smallest absolute Gasteiger partial charge is 0.410 e. The molecular formula is C34H42N6O7. The molecule has 2 aliphatic carbocycles. The van der Waals surface area contributed by atoms with Gasteiger partial charge in [0.25, 0.3) is 5.91 Å². The molecule has 1 saturated heterocycles. The highest BCUT2D eigenvalue weighted by Gasteiger charge is 2.61. The number of benzene rings is 1. The van der Waals surface area contributed by atoms with Crippen LogP contribution in [0.2, 0.25) is 0 Å². The van der Waals surface area contributed by atoms with E-state index in [0.29, 0.717) is 32.4 Å². The summed E-state index contributed by atoms with van der Waals surface area (Å²) in [5.41, 5.74) is 0.743.